The molecule has 1 aliphatic heterocycles. The van der Waals surface area contributed by atoms with Gasteiger partial charge in [-0.2, -0.15) is 0 Å². The van der Waals surface area contributed by atoms with E-state index in [0.29, 0.717) is 31.1 Å². The average Bonchev–Trinajstić information content (AvgIpc) is 2.95. The summed E-state index contributed by atoms with van der Waals surface area (Å²) in [6.07, 6.45) is 0.354. The number of fused-ring (bicyclic) bond motifs is 1. The van der Waals surface area contributed by atoms with E-state index in [0.717, 1.165) is 15.4 Å². The van der Waals surface area contributed by atoms with Crippen molar-refractivity contribution in [3.63, 3.8) is 0 Å². The van der Waals surface area contributed by atoms with Gasteiger partial charge in [0.25, 0.3) is 10.0 Å². The summed E-state index contributed by atoms with van der Waals surface area (Å²) in [5, 5.41) is 2.63. The van der Waals surface area contributed by atoms with Gasteiger partial charge in [-0.1, -0.05) is 55.0 Å². The van der Waals surface area contributed by atoms with E-state index in [9.17, 15) is 18.0 Å². The molecule has 3 aromatic rings. The van der Waals surface area contributed by atoms with Crippen molar-refractivity contribution in [2.75, 3.05) is 31.1 Å². The Bertz CT molecular complexity index is 1430. The van der Waals surface area contributed by atoms with Crippen molar-refractivity contribution >= 4 is 27.5 Å². The third-order valence-corrected chi connectivity index (χ3v) is 8.28. The van der Waals surface area contributed by atoms with Crippen molar-refractivity contribution in [3.8, 4) is 11.5 Å². The molecule has 1 atom stereocenters. The first-order valence-corrected chi connectivity index (χ1v) is 14.2. The fourth-order valence-corrected chi connectivity index (χ4v) is 5.96. The van der Waals surface area contributed by atoms with E-state index in [2.05, 4.69) is 5.32 Å². The van der Waals surface area contributed by atoms with E-state index in [1.54, 1.807) is 36.4 Å². The van der Waals surface area contributed by atoms with Crippen LogP contribution in [0, 0.1) is 6.92 Å². The van der Waals surface area contributed by atoms with E-state index in [1.807, 2.05) is 38.1 Å². The number of aryl methyl sites for hydroxylation is 1. The van der Waals surface area contributed by atoms with E-state index in [1.165, 1.54) is 24.1 Å². The number of nitrogens with one attached hydrogen (secondary N) is 1. The lowest BCUT2D eigenvalue weighted by Gasteiger charge is -2.33. The van der Waals surface area contributed by atoms with Crippen molar-refractivity contribution in [1.82, 2.24) is 10.2 Å². The number of anilines is 1. The van der Waals surface area contributed by atoms with Gasteiger partial charge in [-0.05, 0) is 43.2 Å². The fourth-order valence-electron chi connectivity index (χ4n) is 4.53. The molecule has 0 saturated heterocycles. The predicted octanol–water partition coefficient (Wildman–Crippen LogP) is 3.51. The second-order valence-corrected chi connectivity index (χ2v) is 11.1. The number of likely N-dealkylation sites (N-methyl/N-ethyl adjacent to an activating group) is 1. The van der Waals surface area contributed by atoms with Gasteiger partial charge in [0.2, 0.25) is 11.8 Å². The number of ether oxygens (including phenoxy) is 2. The summed E-state index contributed by atoms with van der Waals surface area (Å²) in [6.45, 7) is 4.11. The molecular weight excluding hydrogens is 518 g/mol. The molecule has 0 aliphatic carbocycles. The Kier molecular flexibility index (Phi) is 8.75. The van der Waals surface area contributed by atoms with Crippen LogP contribution in [0.4, 0.5) is 5.69 Å². The van der Waals surface area contributed by atoms with Crippen molar-refractivity contribution in [2.24, 2.45) is 0 Å². The van der Waals surface area contributed by atoms with Gasteiger partial charge in [0.05, 0.1) is 10.6 Å². The molecule has 4 rings (SSSR count). The summed E-state index contributed by atoms with van der Waals surface area (Å²) in [5.41, 5.74) is 2.10. The molecular formula is C29H33N3O6S. The highest BCUT2D eigenvalue weighted by Crippen LogP contribution is 2.36. The molecule has 0 radical (unpaired) electrons. The molecule has 10 heteroatoms. The van der Waals surface area contributed by atoms with Gasteiger partial charge in [0.15, 0.2) is 11.5 Å². The average molecular weight is 552 g/mol. The van der Waals surface area contributed by atoms with Crippen LogP contribution in [-0.2, 0) is 26.2 Å². The van der Waals surface area contributed by atoms with Gasteiger partial charge in [-0.25, -0.2) is 8.42 Å². The quantitative estimate of drug-likeness (QED) is 0.414. The van der Waals surface area contributed by atoms with Crippen LogP contribution in [0.15, 0.2) is 77.7 Å². The fraction of sp³-hybridized carbons (Fsp3) is 0.310. The lowest BCUT2D eigenvalue weighted by atomic mass is 10.1. The number of carbonyl (C=O) groups is 2. The monoisotopic (exact) mass is 551 g/mol. The lowest BCUT2D eigenvalue weighted by Crippen LogP contribution is -2.51. The predicted molar refractivity (Wildman–Crippen MR) is 148 cm³/mol. The van der Waals surface area contributed by atoms with Crippen molar-refractivity contribution < 1.29 is 27.5 Å². The first-order valence-electron chi connectivity index (χ1n) is 12.8. The minimum atomic E-state index is -4.16. The maximum Gasteiger partial charge on any atom is 0.264 e. The SMILES string of the molecule is CC[C@H](C(=O)NC)N(Cc1cccc(C)c1)C(=O)CN(c1ccc2c(c1)OCCO2)S(=O)(=O)c1ccccc1. The van der Waals surface area contributed by atoms with Gasteiger partial charge in [-0.15, -0.1) is 0 Å². The number of hydrogen-bond acceptors (Lipinski definition) is 6. The smallest absolute Gasteiger partial charge is 0.264 e. The van der Waals surface area contributed by atoms with Crippen LogP contribution in [0.2, 0.25) is 0 Å². The number of nitrogens with zero attached hydrogens (tertiary/aromatic N) is 2. The summed E-state index contributed by atoms with van der Waals surface area (Å²) in [4.78, 5) is 28.3. The maximum atomic E-state index is 14.0. The van der Waals surface area contributed by atoms with Crippen molar-refractivity contribution in [2.45, 2.75) is 37.8 Å². The van der Waals surface area contributed by atoms with E-state index < -0.39 is 28.5 Å². The van der Waals surface area contributed by atoms with Gasteiger partial charge < -0.3 is 19.7 Å². The molecule has 1 heterocycles. The highest BCUT2D eigenvalue weighted by molar-refractivity contribution is 7.92. The topological polar surface area (TPSA) is 105 Å². The molecule has 39 heavy (non-hydrogen) atoms. The zero-order chi connectivity index (χ0) is 28.0. The minimum Gasteiger partial charge on any atom is -0.486 e. The Morgan fingerprint density at radius 3 is 2.33 bits per heavy atom. The summed E-state index contributed by atoms with van der Waals surface area (Å²) in [5.74, 6) is 0.0599. The number of benzene rings is 3. The standard InChI is InChI=1S/C29H33N3O6S/c1-4-25(29(34)30-3)31(19-22-10-8-9-21(2)17-22)28(33)20-32(39(35,36)24-11-6-5-7-12-24)23-13-14-26-27(18-23)38-16-15-37-26/h5-14,17-18,25H,4,15-16,19-20H2,1-3H3,(H,30,34)/t25-/m1/s1. The zero-order valence-corrected chi connectivity index (χ0v) is 23.1. The summed E-state index contributed by atoms with van der Waals surface area (Å²) in [7, 11) is -2.64. The maximum absolute atomic E-state index is 14.0. The first-order chi connectivity index (χ1) is 18.7. The van der Waals surface area contributed by atoms with E-state index in [4.69, 9.17) is 9.47 Å². The Morgan fingerprint density at radius 1 is 0.949 bits per heavy atom. The number of hydrogen-bond donors (Lipinski definition) is 1. The largest absolute Gasteiger partial charge is 0.486 e. The van der Waals surface area contributed by atoms with Crippen LogP contribution in [0.5, 0.6) is 11.5 Å². The van der Waals surface area contributed by atoms with Gasteiger partial charge >= 0.3 is 0 Å². The van der Waals surface area contributed by atoms with Gasteiger partial charge in [0.1, 0.15) is 25.8 Å². The highest BCUT2D eigenvalue weighted by Gasteiger charge is 2.34. The minimum absolute atomic E-state index is 0.0382. The summed E-state index contributed by atoms with van der Waals surface area (Å²) < 4.78 is 40.1. The van der Waals surface area contributed by atoms with Crippen LogP contribution >= 0.6 is 0 Å². The molecule has 0 aromatic heterocycles. The Hall–Kier alpha value is -4.05. The number of amides is 2. The molecule has 0 saturated carbocycles. The molecule has 0 fully saturated rings. The first kappa shape index (κ1) is 28.0. The molecule has 0 bridgehead atoms. The van der Waals surface area contributed by atoms with Crippen LogP contribution in [0.25, 0.3) is 0 Å². The third kappa shape index (κ3) is 6.34. The second kappa shape index (κ2) is 12.2. The zero-order valence-electron chi connectivity index (χ0n) is 22.3. The van der Waals surface area contributed by atoms with Crippen LogP contribution in [0.1, 0.15) is 24.5 Å². The molecule has 0 spiro atoms. The van der Waals surface area contributed by atoms with E-state index in [-0.39, 0.29) is 23.0 Å². The second-order valence-electron chi connectivity index (χ2n) is 9.20. The molecule has 9 nitrogen and oxygen atoms in total. The number of sulfonamides is 1. The molecule has 206 valence electrons. The molecule has 2 amide bonds. The molecule has 3 aromatic carbocycles. The molecule has 0 unspecified atom stereocenters. The van der Waals surface area contributed by atoms with Gasteiger partial charge in [0, 0.05) is 19.7 Å². The lowest BCUT2D eigenvalue weighted by molar-refractivity contribution is -0.140. The molecule has 1 aliphatic rings. The van der Waals surface area contributed by atoms with Crippen LogP contribution in [-0.4, -0.2) is 58.0 Å². The van der Waals surface area contributed by atoms with Crippen molar-refractivity contribution in [3.05, 3.63) is 83.9 Å². The Morgan fingerprint density at radius 2 is 1.67 bits per heavy atom. The third-order valence-electron chi connectivity index (χ3n) is 6.49. The van der Waals surface area contributed by atoms with Crippen LogP contribution < -0.4 is 19.1 Å². The van der Waals surface area contributed by atoms with E-state index >= 15 is 0 Å². The van der Waals surface area contributed by atoms with Crippen molar-refractivity contribution in [1.29, 1.82) is 0 Å². The van der Waals surface area contributed by atoms with Crippen LogP contribution in [0.3, 0.4) is 0 Å². The number of rotatable bonds is 10. The normalized spacial score (nSPS) is 13.3. The number of carbonyl (C=O) groups excluding carboxylic acids is 2. The summed E-state index contributed by atoms with van der Waals surface area (Å²) >= 11 is 0. The molecule has 1 N–H and O–H groups in total. The Labute approximate surface area is 229 Å². The summed E-state index contributed by atoms with van der Waals surface area (Å²) in [6, 6.07) is 19.6. The Balaban J connectivity index is 1.76. The highest BCUT2D eigenvalue weighted by atomic mass is 32.2. The van der Waals surface area contributed by atoms with Gasteiger partial charge in [-0.3, -0.25) is 13.9 Å².